The molecule has 1 aromatic rings. The van der Waals surface area contributed by atoms with E-state index in [1.54, 1.807) is 13.8 Å². The summed E-state index contributed by atoms with van der Waals surface area (Å²) in [6.07, 6.45) is -1.06. The maximum atomic E-state index is 12.1. The van der Waals surface area contributed by atoms with Gasteiger partial charge in [-0.2, -0.15) is 9.78 Å². The van der Waals surface area contributed by atoms with Crippen LogP contribution < -0.4 is 5.69 Å². The zero-order valence-corrected chi connectivity index (χ0v) is 13.7. The molecule has 4 atom stereocenters. The average Bonchev–Trinajstić information content (AvgIpc) is 2.90. The molecule has 0 aromatic carbocycles. The topological polar surface area (TPSA) is 105 Å². The second-order valence-corrected chi connectivity index (χ2v) is 6.26. The van der Waals surface area contributed by atoms with Gasteiger partial charge in [-0.05, 0) is 13.8 Å². The SMILES string of the molecule is CC(=O)OC[C@H]1O[C@@H](n2ncc(=S)[nH]c2=O)[C@H]2OC(C)(C)O[C@H]21. The Balaban J connectivity index is 1.90. The van der Waals surface area contributed by atoms with E-state index in [1.807, 2.05) is 0 Å². The normalized spacial score (nSPS) is 31.8. The number of hydrogen-bond donors (Lipinski definition) is 1. The summed E-state index contributed by atoms with van der Waals surface area (Å²) >= 11 is 4.87. The zero-order valence-electron chi connectivity index (χ0n) is 12.8. The lowest BCUT2D eigenvalue weighted by Crippen LogP contribution is -2.36. The number of nitrogens with one attached hydrogen (secondary N) is 1. The van der Waals surface area contributed by atoms with Crippen molar-refractivity contribution < 1.29 is 23.7 Å². The van der Waals surface area contributed by atoms with Crippen molar-refractivity contribution in [2.24, 2.45) is 0 Å². The molecule has 10 heteroatoms. The van der Waals surface area contributed by atoms with Gasteiger partial charge in [0.15, 0.2) is 12.0 Å². The average molecular weight is 343 g/mol. The summed E-state index contributed by atoms with van der Waals surface area (Å²) in [5, 5.41) is 4.00. The van der Waals surface area contributed by atoms with Gasteiger partial charge < -0.3 is 18.9 Å². The number of aromatic nitrogens is 3. The molecule has 0 radical (unpaired) electrons. The molecule has 0 saturated carbocycles. The van der Waals surface area contributed by atoms with Gasteiger partial charge in [-0.15, -0.1) is 0 Å². The third-order valence-corrected chi connectivity index (χ3v) is 3.76. The number of carbonyl (C=O) groups is 1. The Morgan fingerprint density at radius 2 is 2.17 bits per heavy atom. The molecule has 2 aliphatic heterocycles. The van der Waals surface area contributed by atoms with Gasteiger partial charge in [-0.3, -0.25) is 9.78 Å². The molecular weight excluding hydrogens is 326 g/mol. The second kappa shape index (κ2) is 5.78. The number of rotatable bonds is 3. The highest BCUT2D eigenvalue weighted by atomic mass is 32.1. The van der Waals surface area contributed by atoms with Crippen LogP contribution in [0.15, 0.2) is 11.0 Å². The Kier molecular flexibility index (Phi) is 4.08. The summed E-state index contributed by atoms with van der Waals surface area (Å²) in [6.45, 7) is 4.84. The predicted molar refractivity (Wildman–Crippen MR) is 78.0 cm³/mol. The summed E-state index contributed by atoms with van der Waals surface area (Å²) in [5.74, 6) is -1.26. The van der Waals surface area contributed by atoms with E-state index in [-0.39, 0.29) is 11.2 Å². The minimum Gasteiger partial charge on any atom is -0.463 e. The smallest absolute Gasteiger partial charge is 0.345 e. The van der Waals surface area contributed by atoms with Crippen molar-refractivity contribution in [2.45, 2.75) is 51.1 Å². The van der Waals surface area contributed by atoms with Crippen LogP contribution in [0.1, 0.15) is 27.0 Å². The van der Waals surface area contributed by atoms with E-state index in [2.05, 4.69) is 10.1 Å². The number of esters is 1. The lowest BCUT2D eigenvalue weighted by Gasteiger charge is -2.24. The number of aromatic amines is 1. The third kappa shape index (κ3) is 3.20. The molecule has 126 valence electrons. The van der Waals surface area contributed by atoms with Gasteiger partial charge in [-0.25, -0.2) is 4.79 Å². The Morgan fingerprint density at radius 1 is 1.48 bits per heavy atom. The first kappa shape index (κ1) is 16.2. The third-order valence-electron chi connectivity index (χ3n) is 3.55. The minimum absolute atomic E-state index is 0.00399. The summed E-state index contributed by atoms with van der Waals surface area (Å²) in [4.78, 5) is 25.6. The number of ether oxygens (including phenoxy) is 4. The number of nitrogens with zero attached hydrogens (tertiary/aromatic N) is 2. The standard InChI is InChI=1S/C13H17N3O6S/c1-6(17)19-5-7-9-10(22-13(2,3)21-9)11(20-7)16-12(18)15-8(23)4-14-16/h4,7,9-11H,5H2,1-3H3,(H,15,18,23)/t7-,9+,10+,11-/m1/s1. The fourth-order valence-electron chi connectivity index (χ4n) is 2.73. The molecule has 0 bridgehead atoms. The van der Waals surface area contributed by atoms with Crippen LogP contribution in [0.5, 0.6) is 0 Å². The van der Waals surface area contributed by atoms with Crippen LogP contribution in [0.3, 0.4) is 0 Å². The van der Waals surface area contributed by atoms with Crippen LogP contribution in [0.25, 0.3) is 0 Å². The molecule has 23 heavy (non-hydrogen) atoms. The van der Waals surface area contributed by atoms with Crippen LogP contribution in [0.2, 0.25) is 0 Å². The number of H-pyrrole nitrogens is 1. The second-order valence-electron chi connectivity index (χ2n) is 5.82. The van der Waals surface area contributed by atoms with Crippen molar-refractivity contribution in [3.05, 3.63) is 21.3 Å². The van der Waals surface area contributed by atoms with Crippen molar-refractivity contribution in [3.8, 4) is 0 Å². The molecule has 0 unspecified atom stereocenters. The Hall–Kier alpha value is -1.62. The van der Waals surface area contributed by atoms with Crippen molar-refractivity contribution in [1.82, 2.24) is 14.8 Å². The first-order valence-electron chi connectivity index (χ1n) is 7.09. The largest absolute Gasteiger partial charge is 0.463 e. The molecule has 9 nitrogen and oxygen atoms in total. The Labute approximate surface area is 136 Å². The quantitative estimate of drug-likeness (QED) is 0.616. The monoisotopic (exact) mass is 343 g/mol. The van der Waals surface area contributed by atoms with E-state index in [1.165, 1.54) is 13.1 Å². The molecule has 2 aliphatic rings. The van der Waals surface area contributed by atoms with E-state index in [0.29, 0.717) is 0 Å². The van der Waals surface area contributed by atoms with E-state index >= 15 is 0 Å². The van der Waals surface area contributed by atoms with Gasteiger partial charge in [-0.1, -0.05) is 12.2 Å². The number of hydrogen-bond acceptors (Lipinski definition) is 8. The van der Waals surface area contributed by atoms with Crippen LogP contribution in [0.4, 0.5) is 0 Å². The van der Waals surface area contributed by atoms with Crippen molar-refractivity contribution in [2.75, 3.05) is 6.61 Å². The molecule has 2 fully saturated rings. The van der Waals surface area contributed by atoms with Gasteiger partial charge in [0.2, 0.25) is 0 Å². The Bertz CT molecular complexity index is 729. The van der Waals surface area contributed by atoms with Gasteiger partial charge in [0, 0.05) is 6.92 Å². The van der Waals surface area contributed by atoms with Gasteiger partial charge >= 0.3 is 11.7 Å². The Morgan fingerprint density at radius 3 is 2.83 bits per heavy atom. The molecule has 0 spiro atoms. The molecule has 1 aromatic heterocycles. The van der Waals surface area contributed by atoms with Crippen molar-refractivity contribution in [3.63, 3.8) is 0 Å². The molecule has 3 rings (SSSR count). The van der Waals surface area contributed by atoms with E-state index in [0.717, 1.165) is 4.68 Å². The van der Waals surface area contributed by atoms with Gasteiger partial charge in [0.25, 0.3) is 0 Å². The number of fused-ring (bicyclic) bond motifs is 1. The maximum absolute atomic E-state index is 12.1. The highest BCUT2D eigenvalue weighted by Gasteiger charge is 2.56. The van der Waals surface area contributed by atoms with E-state index in [9.17, 15) is 9.59 Å². The molecule has 2 saturated heterocycles. The molecule has 0 aliphatic carbocycles. The van der Waals surface area contributed by atoms with Gasteiger partial charge in [0.1, 0.15) is 29.6 Å². The van der Waals surface area contributed by atoms with Gasteiger partial charge in [0.05, 0.1) is 6.20 Å². The first-order chi connectivity index (χ1) is 10.8. The molecule has 0 amide bonds. The maximum Gasteiger partial charge on any atom is 0.345 e. The van der Waals surface area contributed by atoms with Crippen LogP contribution in [0, 0.1) is 4.64 Å². The molecule has 3 heterocycles. The summed E-state index contributed by atoms with van der Waals surface area (Å²) in [5.41, 5.74) is -0.511. The summed E-state index contributed by atoms with van der Waals surface area (Å²) < 4.78 is 23.8. The van der Waals surface area contributed by atoms with Crippen LogP contribution in [-0.4, -0.2) is 51.4 Å². The zero-order chi connectivity index (χ0) is 16.8. The van der Waals surface area contributed by atoms with Crippen LogP contribution >= 0.6 is 12.2 Å². The van der Waals surface area contributed by atoms with Crippen molar-refractivity contribution in [1.29, 1.82) is 0 Å². The summed E-state index contributed by atoms with van der Waals surface area (Å²) in [7, 11) is 0. The lowest BCUT2D eigenvalue weighted by molar-refractivity contribution is -0.204. The lowest BCUT2D eigenvalue weighted by atomic mass is 10.1. The first-order valence-corrected chi connectivity index (χ1v) is 7.50. The number of carbonyl (C=O) groups excluding carboxylic acids is 1. The van der Waals surface area contributed by atoms with Crippen LogP contribution in [-0.2, 0) is 23.7 Å². The highest BCUT2D eigenvalue weighted by Crippen LogP contribution is 2.42. The van der Waals surface area contributed by atoms with E-state index < -0.39 is 42.0 Å². The minimum atomic E-state index is -0.836. The highest BCUT2D eigenvalue weighted by molar-refractivity contribution is 7.71. The fraction of sp³-hybridized carbons (Fsp3) is 0.692. The predicted octanol–water partition coefficient (Wildman–Crippen LogP) is 0.281. The molecule has 1 N–H and O–H groups in total. The van der Waals surface area contributed by atoms with E-state index in [4.69, 9.17) is 31.2 Å². The summed E-state index contributed by atoms with van der Waals surface area (Å²) in [6, 6.07) is 0. The van der Waals surface area contributed by atoms with Crippen molar-refractivity contribution >= 4 is 18.2 Å². The molecular formula is C13H17N3O6S. The fourth-order valence-corrected chi connectivity index (χ4v) is 2.87.